The Labute approximate surface area is 158 Å². The minimum absolute atomic E-state index is 0.00731. The van der Waals surface area contributed by atoms with Crippen LogP contribution in [0.15, 0.2) is 36.7 Å². The zero-order valence-electron chi connectivity index (χ0n) is 15.6. The number of nitrogens with zero attached hydrogens (tertiary/aromatic N) is 5. The van der Waals surface area contributed by atoms with Gasteiger partial charge in [-0.05, 0) is 44.5 Å². The molecule has 0 N–H and O–H groups in total. The highest BCUT2D eigenvalue weighted by Crippen LogP contribution is 2.17. The van der Waals surface area contributed by atoms with Gasteiger partial charge in [-0.2, -0.15) is 5.10 Å². The maximum atomic E-state index is 13.1. The average molecular weight is 365 g/mol. The molecule has 3 aromatic rings. The number of aryl methyl sites for hydroxylation is 2. The van der Waals surface area contributed by atoms with Crippen LogP contribution in [0.2, 0.25) is 0 Å². The molecule has 7 nitrogen and oxygen atoms in total. The summed E-state index contributed by atoms with van der Waals surface area (Å²) in [5, 5.41) is 4.24. The zero-order valence-corrected chi connectivity index (χ0v) is 15.6. The average Bonchev–Trinajstić information content (AvgIpc) is 3.06. The standard InChI is InChI=1S/C20H23N5O2/c1-14-15(2)23-19-11-16(5-6-18(19)22-14)20(26)24-8-4-10-27-17(12-24)13-25-9-3-7-21-25/h3,5-7,9,11,17H,4,8,10,12-13H2,1-2H3/t17-/m1/s1. The van der Waals surface area contributed by atoms with Crippen LogP contribution in [-0.4, -0.2) is 56.4 Å². The van der Waals surface area contributed by atoms with E-state index in [1.54, 1.807) is 6.20 Å². The molecule has 0 saturated carbocycles. The molecule has 0 aliphatic carbocycles. The molecule has 0 unspecified atom stereocenters. The molecule has 3 heterocycles. The van der Waals surface area contributed by atoms with Crippen LogP contribution in [0.4, 0.5) is 0 Å². The minimum Gasteiger partial charge on any atom is -0.374 e. The van der Waals surface area contributed by atoms with Crippen molar-refractivity contribution < 1.29 is 9.53 Å². The van der Waals surface area contributed by atoms with Crippen molar-refractivity contribution in [1.82, 2.24) is 24.6 Å². The third-order valence-corrected chi connectivity index (χ3v) is 4.91. The van der Waals surface area contributed by atoms with E-state index in [4.69, 9.17) is 4.74 Å². The second-order valence-corrected chi connectivity index (χ2v) is 6.92. The van der Waals surface area contributed by atoms with Crippen LogP contribution in [0.3, 0.4) is 0 Å². The molecule has 1 aromatic carbocycles. The van der Waals surface area contributed by atoms with Gasteiger partial charge < -0.3 is 9.64 Å². The van der Waals surface area contributed by atoms with E-state index in [0.717, 1.165) is 28.8 Å². The lowest BCUT2D eigenvalue weighted by atomic mass is 10.1. The molecule has 1 fully saturated rings. The number of carbonyl (C=O) groups excluding carboxylic acids is 1. The molecular weight excluding hydrogens is 342 g/mol. The quantitative estimate of drug-likeness (QED) is 0.712. The number of fused-ring (bicyclic) bond motifs is 1. The number of hydrogen-bond donors (Lipinski definition) is 0. The van der Waals surface area contributed by atoms with Crippen molar-refractivity contribution in [3.63, 3.8) is 0 Å². The summed E-state index contributed by atoms with van der Waals surface area (Å²) in [6, 6.07) is 7.44. The van der Waals surface area contributed by atoms with Crippen LogP contribution in [-0.2, 0) is 11.3 Å². The van der Waals surface area contributed by atoms with E-state index in [0.29, 0.717) is 31.8 Å². The number of benzene rings is 1. The second-order valence-electron chi connectivity index (χ2n) is 6.92. The molecule has 1 aliphatic rings. The predicted octanol–water partition coefficient (Wildman–Crippen LogP) is 2.37. The van der Waals surface area contributed by atoms with Crippen LogP contribution in [0.1, 0.15) is 28.2 Å². The summed E-state index contributed by atoms with van der Waals surface area (Å²) in [5.74, 6) is 0.00731. The Balaban J connectivity index is 1.55. The van der Waals surface area contributed by atoms with Gasteiger partial charge in [-0.25, -0.2) is 9.97 Å². The molecule has 140 valence electrons. The zero-order chi connectivity index (χ0) is 18.8. The lowest BCUT2D eigenvalue weighted by Gasteiger charge is -2.24. The fourth-order valence-electron chi connectivity index (χ4n) is 3.35. The van der Waals surface area contributed by atoms with E-state index in [-0.39, 0.29) is 12.0 Å². The van der Waals surface area contributed by atoms with E-state index < -0.39 is 0 Å². The highest BCUT2D eigenvalue weighted by molar-refractivity contribution is 5.97. The number of hydrogen-bond acceptors (Lipinski definition) is 5. The first kappa shape index (κ1) is 17.6. The minimum atomic E-state index is -0.0681. The summed E-state index contributed by atoms with van der Waals surface area (Å²) < 4.78 is 7.76. The van der Waals surface area contributed by atoms with E-state index in [9.17, 15) is 4.79 Å². The number of carbonyl (C=O) groups is 1. The lowest BCUT2D eigenvalue weighted by molar-refractivity contribution is 0.0367. The molecule has 0 radical (unpaired) electrons. The first-order valence-electron chi connectivity index (χ1n) is 9.23. The highest BCUT2D eigenvalue weighted by Gasteiger charge is 2.24. The van der Waals surface area contributed by atoms with Crippen molar-refractivity contribution in [2.24, 2.45) is 0 Å². The Morgan fingerprint density at radius 2 is 2.04 bits per heavy atom. The van der Waals surface area contributed by atoms with Gasteiger partial charge in [0.1, 0.15) is 0 Å². The Kier molecular flexibility index (Phi) is 4.85. The van der Waals surface area contributed by atoms with Gasteiger partial charge in [0.15, 0.2) is 0 Å². The molecule has 0 bridgehead atoms. The largest absolute Gasteiger partial charge is 0.374 e. The maximum Gasteiger partial charge on any atom is 0.254 e. The molecule has 4 rings (SSSR count). The van der Waals surface area contributed by atoms with Crippen LogP contribution in [0.5, 0.6) is 0 Å². The predicted molar refractivity (Wildman–Crippen MR) is 101 cm³/mol. The van der Waals surface area contributed by atoms with Crippen molar-refractivity contribution in [2.45, 2.75) is 32.9 Å². The van der Waals surface area contributed by atoms with Gasteiger partial charge in [-0.15, -0.1) is 0 Å². The second kappa shape index (κ2) is 7.44. The fourth-order valence-corrected chi connectivity index (χ4v) is 3.35. The van der Waals surface area contributed by atoms with Crippen molar-refractivity contribution in [1.29, 1.82) is 0 Å². The topological polar surface area (TPSA) is 73.1 Å². The summed E-state index contributed by atoms with van der Waals surface area (Å²) in [6.07, 6.45) is 4.42. The molecule has 7 heteroatoms. The Hall–Kier alpha value is -2.80. The van der Waals surface area contributed by atoms with Gasteiger partial charge >= 0.3 is 0 Å². The number of amides is 1. The first-order chi connectivity index (χ1) is 13.1. The van der Waals surface area contributed by atoms with Crippen molar-refractivity contribution >= 4 is 16.9 Å². The number of aromatic nitrogens is 4. The van der Waals surface area contributed by atoms with Gasteiger partial charge in [-0.3, -0.25) is 9.48 Å². The normalized spacial score (nSPS) is 17.9. The smallest absolute Gasteiger partial charge is 0.254 e. The van der Waals surface area contributed by atoms with Crippen LogP contribution in [0.25, 0.3) is 11.0 Å². The Morgan fingerprint density at radius 3 is 2.81 bits per heavy atom. The summed E-state index contributed by atoms with van der Waals surface area (Å²) in [5.41, 5.74) is 4.00. The van der Waals surface area contributed by atoms with Crippen molar-refractivity contribution in [2.75, 3.05) is 19.7 Å². The van der Waals surface area contributed by atoms with E-state index in [1.165, 1.54) is 0 Å². The Morgan fingerprint density at radius 1 is 1.22 bits per heavy atom. The van der Waals surface area contributed by atoms with Gasteiger partial charge in [-0.1, -0.05) is 0 Å². The van der Waals surface area contributed by atoms with Gasteiger partial charge in [0.2, 0.25) is 0 Å². The molecule has 1 saturated heterocycles. The fraction of sp³-hybridized carbons (Fsp3) is 0.400. The molecule has 27 heavy (non-hydrogen) atoms. The van der Waals surface area contributed by atoms with E-state index in [1.807, 2.05) is 53.9 Å². The molecule has 1 amide bonds. The summed E-state index contributed by atoms with van der Waals surface area (Å²) in [6.45, 7) is 6.40. The maximum absolute atomic E-state index is 13.1. The highest BCUT2D eigenvalue weighted by atomic mass is 16.5. The molecule has 0 spiro atoms. The lowest BCUT2D eigenvalue weighted by Crippen LogP contribution is -2.38. The molecule has 1 aliphatic heterocycles. The molecular formula is C20H23N5O2. The SMILES string of the molecule is Cc1nc2ccc(C(=O)N3CCCO[C@@H](Cn4cccn4)C3)cc2nc1C. The van der Waals surface area contributed by atoms with Gasteiger partial charge in [0.05, 0.1) is 35.1 Å². The van der Waals surface area contributed by atoms with Crippen molar-refractivity contribution in [3.8, 4) is 0 Å². The number of ether oxygens (including phenoxy) is 1. The van der Waals surface area contributed by atoms with Crippen molar-refractivity contribution in [3.05, 3.63) is 53.6 Å². The molecule has 2 aromatic heterocycles. The van der Waals surface area contributed by atoms with Crippen LogP contribution >= 0.6 is 0 Å². The third kappa shape index (κ3) is 3.83. The molecule has 1 atom stereocenters. The summed E-state index contributed by atoms with van der Waals surface area (Å²) in [4.78, 5) is 24.1. The summed E-state index contributed by atoms with van der Waals surface area (Å²) in [7, 11) is 0. The Bertz CT molecular complexity index is 954. The third-order valence-electron chi connectivity index (χ3n) is 4.91. The van der Waals surface area contributed by atoms with Crippen LogP contribution in [0, 0.1) is 13.8 Å². The number of rotatable bonds is 3. The van der Waals surface area contributed by atoms with Gasteiger partial charge in [0, 0.05) is 37.7 Å². The first-order valence-corrected chi connectivity index (χ1v) is 9.23. The van der Waals surface area contributed by atoms with E-state index in [2.05, 4.69) is 15.1 Å². The van der Waals surface area contributed by atoms with E-state index >= 15 is 0 Å². The van der Waals surface area contributed by atoms with Crippen LogP contribution < -0.4 is 0 Å². The summed E-state index contributed by atoms with van der Waals surface area (Å²) >= 11 is 0. The van der Waals surface area contributed by atoms with Gasteiger partial charge in [0.25, 0.3) is 5.91 Å². The monoisotopic (exact) mass is 365 g/mol.